The van der Waals surface area contributed by atoms with Crippen LogP contribution in [0.4, 0.5) is 0 Å². The van der Waals surface area contributed by atoms with E-state index in [4.69, 9.17) is 4.52 Å². The maximum atomic E-state index is 12.5. The van der Waals surface area contributed by atoms with Crippen LogP contribution < -0.4 is 0 Å². The third kappa shape index (κ3) is 3.78. The molecule has 0 atom stereocenters. The SMILES string of the molecule is Cc1ccc(-c2noc(CN(C)C(=O)C3CCCCC3)n2)cc1. The normalized spacial score (nSPS) is 15.6. The summed E-state index contributed by atoms with van der Waals surface area (Å²) in [5.41, 5.74) is 2.11. The monoisotopic (exact) mass is 313 g/mol. The van der Waals surface area contributed by atoms with Crippen molar-refractivity contribution in [2.75, 3.05) is 7.05 Å². The number of aryl methyl sites for hydroxylation is 1. The molecule has 3 rings (SSSR count). The van der Waals surface area contributed by atoms with Gasteiger partial charge in [0.15, 0.2) is 0 Å². The molecule has 1 fully saturated rings. The summed E-state index contributed by atoms with van der Waals surface area (Å²) in [6, 6.07) is 7.98. The summed E-state index contributed by atoms with van der Waals surface area (Å²) in [6.07, 6.45) is 5.56. The van der Waals surface area contributed by atoms with E-state index in [1.807, 2.05) is 38.2 Å². The van der Waals surface area contributed by atoms with Gasteiger partial charge in [-0.05, 0) is 19.8 Å². The zero-order chi connectivity index (χ0) is 16.2. The molecule has 1 amide bonds. The maximum Gasteiger partial charge on any atom is 0.246 e. The molecule has 1 aliphatic carbocycles. The maximum absolute atomic E-state index is 12.5. The lowest BCUT2D eigenvalue weighted by atomic mass is 9.88. The number of nitrogens with zero attached hydrogens (tertiary/aromatic N) is 3. The molecule has 0 bridgehead atoms. The lowest BCUT2D eigenvalue weighted by Crippen LogP contribution is -2.33. The number of hydrogen-bond acceptors (Lipinski definition) is 4. The summed E-state index contributed by atoms with van der Waals surface area (Å²) in [4.78, 5) is 18.6. The second-order valence-electron chi connectivity index (χ2n) is 6.41. The van der Waals surface area contributed by atoms with Gasteiger partial charge in [0, 0.05) is 18.5 Å². The molecule has 0 saturated heterocycles. The largest absolute Gasteiger partial charge is 0.337 e. The molecule has 122 valence electrons. The first-order valence-corrected chi connectivity index (χ1v) is 8.28. The first-order chi connectivity index (χ1) is 11.1. The predicted molar refractivity (Wildman–Crippen MR) is 87.5 cm³/mol. The van der Waals surface area contributed by atoms with E-state index in [0.29, 0.717) is 18.3 Å². The summed E-state index contributed by atoms with van der Waals surface area (Å²) in [6.45, 7) is 2.41. The van der Waals surface area contributed by atoms with Gasteiger partial charge >= 0.3 is 0 Å². The van der Waals surface area contributed by atoms with E-state index in [0.717, 1.165) is 31.2 Å². The van der Waals surface area contributed by atoms with E-state index in [1.54, 1.807) is 4.90 Å². The Morgan fingerprint density at radius 2 is 1.91 bits per heavy atom. The molecule has 1 aliphatic rings. The number of carbonyl (C=O) groups excluding carboxylic acids is 1. The highest BCUT2D eigenvalue weighted by Crippen LogP contribution is 2.25. The van der Waals surface area contributed by atoms with Crippen molar-refractivity contribution < 1.29 is 9.32 Å². The standard InChI is InChI=1S/C18H23N3O2/c1-13-8-10-14(11-9-13)17-19-16(23-20-17)12-21(2)18(22)15-6-4-3-5-7-15/h8-11,15H,3-7,12H2,1-2H3. The fourth-order valence-corrected chi connectivity index (χ4v) is 3.08. The zero-order valence-electron chi connectivity index (χ0n) is 13.8. The molecule has 0 unspecified atom stereocenters. The second kappa shape index (κ2) is 6.94. The summed E-state index contributed by atoms with van der Waals surface area (Å²) in [5.74, 6) is 1.40. The molecule has 1 aromatic heterocycles. The van der Waals surface area contributed by atoms with Gasteiger partial charge in [-0.25, -0.2) is 0 Å². The molecule has 0 aliphatic heterocycles. The first-order valence-electron chi connectivity index (χ1n) is 8.28. The topological polar surface area (TPSA) is 59.2 Å². The van der Waals surface area contributed by atoms with Crippen LogP contribution in [-0.2, 0) is 11.3 Å². The number of benzene rings is 1. The van der Waals surface area contributed by atoms with Crippen molar-refractivity contribution in [1.29, 1.82) is 0 Å². The van der Waals surface area contributed by atoms with Crippen LogP contribution in [0, 0.1) is 12.8 Å². The van der Waals surface area contributed by atoms with E-state index >= 15 is 0 Å². The van der Waals surface area contributed by atoms with Crippen molar-refractivity contribution in [2.24, 2.45) is 5.92 Å². The van der Waals surface area contributed by atoms with Crippen molar-refractivity contribution in [1.82, 2.24) is 15.0 Å². The molecule has 0 N–H and O–H groups in total. The molecule has 0 spiro atoms. The van der Waals surface area contributed by atoms with E-state index in [9.17, 15) is 4.79 Å². The smallest absolute Gasteiger partial charge is 0.246 e. The van der Waals surface area contributed by atoms with Crippen molar-refractivity contribution >= 4 is 5.91 Å². The first kappa shape index (κ1) is 15.7. The predicted octanol–water partition coefficient (Wildman–Crippen LogP) is 3.58. The molecule has 0 radical (unpaired) electrons. The van der Waals surface area contributed by atoms with Gasteiger partial charge in [-0.3, -0.25) is 4.79 Å². The Labute approximate surface area is 136 Å². The minimum Gasteiger partial charge on any atom is -0.337 e. The highest BCUT2D eigenvalue weighted by atomic mass is 16.5. The van der Waals surface area contributed by atoms with E-state index in [-0.39, 0.29) is 11.8 Å². The molecule has 1 aromatic carbocycles. The summed E-state index contributed by atoms with van der Waals surface area (Å²) >= 11 is 0. The van der Waals surface area contributed by atoms with Gasteiger partial charge in [0.25, 0.3) is 0 Å². The molecule has 5 heteroatoms. The van der Waals surface area contributed by atoms with Crippen LogP contribution in [-0.4, -0.2) is 28.0 Å². The van der Waals surface area contributed by atoms with E-state index in [2.05, 4.69) is 10.1 Å². The Morgan fingerprint density at radius 1 is 1.22 bits per heavy atom. The fourth-order valence-electron chi connectivity index (χ4n) is 3.08. The molecule has 2 aromatic rings. The van der Waals surface area contributed by atoms with Crippen molar-refractivity contribution in [3.05, 3.63) is 35.7 Å². The van der Waals surface area contributed by atoms with E-state index in [1.165, 1.54) is 12.0 Å². The summed E-state index contributed by atoms with van der Waals surface area (Å²) in [7, 11) is 1.81. The average Bonchev–Trinajstić information content (AvgIpc) is 3.04. The Balaban J connectivity index is 1.64. The van der Waals surface area contributed by atoms with Crippen molar-refractivity contribution in [3.8, 4) is 11.4 Å². The molecule has 23 heavy (non-hydrogen) atoms. The Bertz CT molecular complexity index is 657. The summed E-state index contributed by atoms with van der Waals surface area (Å²) < 4.78 is 5.30. The van der Waals surface area contributed by atoms with Gasteiger partial charge in [-0.1, -0.05) is 54.2 Å². The third-order valence-electron chi connectivity index (χ3n) is 4.48. The van der Waals surface area contributed by atoms with Gasteiger partial charge in [0.2, 0.25) is 17.6 Å². The molecule has 1 heterocycles. The summed E-state index contributed by atoms with van der Waals surface area (Å²) in [5, 5.41) is 4.02. The molecule has 5 nitrogen and oxygen atoms in total. The van der Waals surface area contributed by atoms with Crippen LogP contribution in [0.25, 0.3) is 11.4 Å². The number of aromatic nitrogens is 2. The van der Waals surface area contributed by atoms with Crippen molar-refractivity contribution in [2.45, 2.75) is 45.6 Å². The van der Waals surface area contributed by atoms with Crippen molar-refractivity contribution in [3.63, 3.8) is 0 Å². The number of rotatable bonds is 4. The third-order valence-corrected chi connectivity index (χ3v) is 4.48. The van der Waals surface area contributed by atoms with Crippen LogP contribution in [0.5, 0.6) is 0 Å². The highest BCUT2D eigenvalue weighted by molar-refractivity contribution is 5.78. The lowest BCUT2D eigenvalue weighted by molar-refractivity contribution is -0.136. The molecular formula is C18H23N3O2. The number of hydrogen-bond donors (Lipinski definition) is 0. The second-order valence-corrected chi connectivity index (χ2v) is 6.41. The van der Waals surface area contributed by atoms with E-state index < -0.39 is 0 Å². The number of carbonyl (C=O) groups is 1. The van der Waals surface area contributed by atoms with Crippen LogP contribution >= 0.6 is 0 Å². The minimum atomic E-state index is 0.160. The highest BCUT2D eigenvalue weighted by Gasteiger charge is 2.25. The van der Waals surface area contributed by atoms with Gasteiger partial charge < -0.3 is 9.42 Å². The van der Waals surface area contributed by atoms with Crippen LogP contribution in [0.1, 0.15) is 43.6 Å². The van der Waals surface area contributed by atoms with Crippen LogP contribution in [0.3, 0.4) is 0 Å². The average molecular weight is 313 g/mol. The lowest BCUT2D eigenvalue weighted by Gasteiger charge is -2.25. The van der Waals surface area contributed by atoms with Gasteiger partial charge in [0.1, 0.15) is 0 Å². The Morgan fingerprint density at radius 3 is 2.61 bits per heavy atom. The Hall–Kier alpha value is -2.17. The van der Waals surface area contributed by atoms with Gasteiger partial charge in [-0.15, -0.1) is 0 Å². The number of amides is 1. The molecule has 1 saturated carbocycles. The molecular weight excluding hydrogens is 290 g/mol. The quantitative estimate of drug-likeness (QED) is 0.865. The minimum absolute atomic E-state index is 0.160. The van der Waals surface area contributed by atoms with Crippen LogP contribution in [0.15, 0.2) is 28.8 Å². The van der Waals surface area contributed by atoms with Gasteiger partial charge in [-0.2, -0.15) is 4.98 Å². The van der Waals surface area contributed by atoms with Crippen LogP contribution in [0.2, 0.25) is 0 Å². The fraction of sp³-hybridized carbons (Fsp3) is 0.500. The Kier molecular flexibility index (Phi) is 4.74. The van der Waals surface area contributed by atoms with Gasteiger partial charge in [0.05, 0.1) is 6.54 Å². The zero-order valence-corrected chi connectivity index (χ0v) is 13.8.